The van der Waals surface area contributed by atoms with Crippen molar-refractivity contribution < 1.29 is 4.79 Å². The molecule has 3 aromatic heterocycles. The van der Waals surface area contributed by atoms with Gasteiger partial charge in [-0.2, -0.15) is 5.26 Å². The van der Waals surface area contributed by atoms with Crippen LogP contribution in [0.15, 0.2) is 42.9 Å². The van der Waals surface area contributed by atoms with Gasteiger partial charge in [-0.15, -0.1) is 21.5 Å². The van der Waals surface area contributed by atoms with Crippen molar-refractivity contribution in [3.63, 3.8) is 0 Å². The lowest BCUT2D eigenvalue weighted by Crippen LogP contribution is -2.19. The smallest absolute Gasteiger partial charge is 0.269 e. The fraction of sp³-hybridized carbons (Fsp3) is 0.0500. The Morgan fingerprint density at radius 3 is 2.73 bits per heavy atom. The lowest BCUT2D eigenvalue weighted by molar-refractivity contribution is 0.0958. The number of hydrogen-bond acceptors (Lipinski definition) is 6. The van der Waals surface area contributed by atoms with Gasteiger partial charge >= 0.3 is 0 Å². The van der Waals surface area contributed by atoms with Crippen LogP contribution in [0.2, 0.25) is 10.0 Å². The number of rotatable bonds is 4. The highest BCUT2D eigenvalue weighted by Crippen LogP contribution is 2.48. The molecular weight excluding hydrogens is 443 g/mol. The maximum absolute atomic E-state index is 12.0. The first-order chi connectivity index (χ1) is 14.5. The number of hydrogen-bond donors (Lipinski definition) is 2. The number of nitrogens with zero attached hydrogens (tertiary/aromatic N) is 4. The summed E-state index contributed by atoms with van der Waals surface area (Å²) < 4.78 is 0. The third-order valence-corrected chi connectivity index (χ3v) is 6.13. The zero-order valence-corrected chi connectivity index (χ0v) is 17.7. The predicted molar refractivity (Wildman–Crippen MR) is 116 cm³/mol. The minimum atomic E-state index is -0.316. The third kappa shape index (κ3) is 3.55. The van der Waals surface area contributed by atoms with Crippen LogP contribution in [0.25, 0.3) is 32.3 Å². The molecule has 10 heteroatoms. The molecule has 0 unspecified atom stereocenters. The number of benzene rings is 1. The standard InChI is InChI=1S/C20H12Cl2N6OS/c1-24-20(29)15-6-10(4-5-25-15)17-13(8-23)16(12-3-2-11(21)7-14(12)22)18(30-17)19-26-9-27-28-19/h2-7,9H,1H3,(H,24,29)(H,26,27,28). The van der Waals surface area contributed by atoms with E-state index < -0.39 is 0 Å². The summed E-state index contributed by atoms with van der Waals surface area (Å²) in [5, 5.41) is 21.5. The fourth-order valence-electron chi connectivity index (χ4n) is 3.00. The van der Waals surface area contributed by atoms with Gasteiger partial charge in [0.1, 0.15) is 18.1 Å². The maximum Gasteiger partial charge on any atom is 0.269 e. The van der Waals surface area contributed by atoms with E-state index in [-0.39, 0.29) is 11.6 Å². The van der Waals surface area contributed by atoms with Crippen molar-refractivity contribution in [2.45, 2.75) is 0 Å². The molecule has 148 valence electrons. The fourth-order valence-corrected chi connectivity index (χ4v) is 4.71. The largest absolute Gasteiger partial charge is 0.354 e. The molecule has 4 aromatic rings. The van der Waals surface area contributed by atoms with Crippen LogP contribution in [-0.2, 0) is 0 Å². The van der Waals surface area contributed by atoms with Crippen LogP contribution in [0, 0.1) is 11.3 Å². The molecule has 0 fully saturated rings. The second-order valence-corrected chi connectivity index (χ2v) is 7.96. The van der Waals surface area contributed by atoms with Crippen LogP contribution in [0.5, 0.6) is 0 Å². The van der Waals surface area contributed by atoms with E-state index in [1.165, 1.54) is 30.9 Å². The number of nitrogens with one attached hydrogen (secondary N) is 2. The van der Waals surface area contributed by atoms with E-state index in [1.54, 1.807) is 30.3 Å². The van der Waals surface area contributed by atoms with Gasteiger partial charge in [0.25, 0.3) is 5.91 Å². The number of carbonyl (C=O) groups excluding carboxylic acids is 1. The molecule has 0 radical (unpaired) electrons. The summed E-state index contributed by atoms with van der Waals surface area (Å²) in [5.74, 6) is 0.188. The molecule has 4 rings (SSSR count). The minimum absolute atomic E-state index is 0.250. The number of carbonyl (C=O) groups is 1. The molecule has 0 bridgehead atoms. The number of amides is 1. The number of aromatic nitrogens is 4. The first-order valence-electron chi connectivity index (χ1n) is 8.60. The highest BCUT2D eigenvalue weighted by molar-refractivity contribution is 7.19. The predicted octanol–water partition coefficient (Wildman–Crippen LogP) is 4.80. The van der Waals surface area contributed by atoms with E-state index >= 15 is 0 Å². The summed E-state index contributed by atoms with van der Waals surface area (Å²) in [7, 11) is 1.53. The highest BCUT2D eigenvalue weighted by Gasteiger charge is 2.25. The van der Waals surface area contributed by atoms with Crippen molar-refractivity contribution in [2.75, 3.05) is 7.05 Å². The summed E-state index contributed by atoms with van der Waals surface area (Å²) in [4.78, 5) is 20.5. The molecule has 0 atom stereocenters. The number of nitriles is 1. The molecule has 0 spiro atoms. The Bertz CT molecular complexity index is 1290. The summed E-state index contributed by atoms with van der Waals surface area (Å²) in [6.45, 7) is 0. The van der Waals surface area contributed by atoms with E-state index in [9.17, 15) is 10.1 Å². The molecule has 2 N–H and O–H groups in total. The molecule has 7 nitrogen and oxygen atoms in total. The van der Waals surface area contributed by atoms with Gasteiger partial charge in [-0.1, -0.05) is 29.3 Å². The summed E-state index contributed by atoms with van der Waals surface area (Å²) in [6.07, 6.45) is 2.99. The first kappa shape index (κ1) is 20.0. The number of pyridine rings is 1. The molecule has 3 heterocycles. The average Bonchev–Trinajstić information content (AvgIpc) is 3.41. The molecule has 1 amide bonds. The van der Waals surface area contributed by atoms with Gasteiger partial charge in [0.05, 0.1) is 15.3 Å². The molecule has 0 saturated heterocycles. The van der Waals surface area contributed by atoms with Gasteiger partial charge < -0.3 is 10.3 Å². The van der Waals surface area contributed by atoms with Gasteiger partial charge in [0.2, 0.25) is 0 Å². The zero-order valence-electron chi connectivity index (χ0n) is 15.4. The second-order valence-electron chi connectivity index (χ2n) is 6.09. The van der Waals surface area contributed by atoms with Crippen molar-refractivity contribution >= 4 is 40.4 Å². The second kappa shape index (κ2) is 8.24. The monoisotopic (exact) mass is 454 g/mol. The molecule has 0 saturated carbocycles. The summed E-state index contributed by atoms with van der Waals surface area (Å²) in [5.41, 5.74) is 2.60. The lowest BCUT2D eigenvalue weighted by atomic mass is 9.98. The third-order valence-electron chi connectivity index (χ3n) is 4.33. The van der Waals surface area contributed by atoms with E-state index in [2.05, 4.69) is 31.6 Å². The van der Waals surface area contributed by atoms with Crippen LogP contribution in [0.1, 0.15) is 16.1 Å². The van der Waals surface area contributed by atoms with Crippen LogP contribution in [0.4, 0.5) is 0 Å². The molecule has 30 heavy (non-hydrogen) atoms. The number of thiophene rings is 1. The Hall–Kier alpha value is -3.25. The summed E-state index contributed by atoms with van der Waals surface area (Å²) >= 11 is 13.9. The highest BCUT2D eigenvalue weighted by atomic mass is 35.5. The topological polar surface area (TPSA) is 107 Å². The van der Waals surface area contributed by atoms with Gasteiger partial charge in [0, 0.05) is 34.4 Å². The minimum Gasteiger partial charge on any atom is -0.354 e. The number of aromatic amines is 1. The first-order valence-corrected chi connectivity index (χ1v) is 10.2. The van der Waals surface area contributed by atoms with Crippen molar-refractivity contribution in [1.29, 1.82) is 5.26 Å². The van der Waals surface area contributed by atoms with E-state index in [1.807, 2.05) is 0 Å². The number of H-pyrrole nitrogens is 1. The van der Waals surface area contributed by atoms with E-state index in [4.69, 9.17) is 23.2 Å². The molecule has 0 aliphatic rings. The van der Waals surface area contributed by atoms with Crippen LogP contribution in [0.3, 0.4) is 0 Å². The Balaban J connectivity index is 2.01. The van der Waals surface area contributed by atoms with Gasteiger partial charge in [-0.25, -0.2) is 0 Å². The normalized spacial score (nSPS) is 10.6. The average molecular weight is 455 g/mol. The lowest BCUT2D eigenvalue weighted by Gasteiger charge is -2.07. The van der Waals surface area contributed by atoms with Crippen LogP contribution >= 0.6 is 34.5 Å². The van der Waals surface area contributed by atoms with Gasteiger partial charge in [-0.05, 0) is 29.8 Å². The van der Waals surface area contributed by atoms with E-state index in [0.29, 0.717) is 47.9 Å². The SMILES string of the molecule is CNC(=O)c1cc(-c2sc(-c3nnc[nH]3)c(-c3ccc(Cl)cc3Cl)c2C#N)ccn1. The Kier molecular flexibility index (Phi) is 5.50. The molecular formula is C20H12Cl2N6OS. The van der Waals surface area contributed by atoms with Crippen molar-refractivity contribution in [3.05, 3.63) is 64.2 Å². The Morgan fingerprint density at radius 1 is 1.23 bits per heavy atom. The zero-order chi connectivity index (χ0) is 21.3. The Morgan fingerprint density at radius 2 is 2.07 bits per heavy atom. The van der Waals surface area contributed by atoms with Crippen molar-refractivity contribution in [2.24, 2.45) is 0 Å². The molecule has 1 aromatic carbocycles. The summed E-state index contributed by atoms with van der Waals surface area (Å²) in [6, 6.07) is 10.8. The maximum atomic E-state index is 12.0. The van der Waals surface area contributed by atoms with Gasteiger partial charge in [0.15, 0.2) is 5.82 Å². The molecule has 0 aliphatic carbocycles. The van der Waals surface area contributed by atoms with E-state index in [0.717, 1.165) is 0 Å². The quantitative estimate of drug-likeness (QED) is 0.460. The van der Waals surface area contributed by atoms with Gasteiger partial charge in [-0.3, -0.25) is 9.78 Å². The number of halogens is 2. The molecule has 0 aliphatic heterocycles. The van der Waals surface area contributed by atoms with Crippen molar-refractivity contribution in [3.8, 4) is 38.3 Å². The van der Waals surface area contributed by atoms with Crippen LogP contribution < -0.4 is 5.32 Å². The van der Waals surface area contributed by atoms with Crippen molar-refractivity contribution in [1.82, 2.24) is 25.5 Å². The Labute approximate surface area is 185 Å². The van der Waals surface area contributed by atoms with Crippen LogP contribution in [-0.4, -0.2) is 33.1 Å².